The van der Waals surface area contributed by atoms with Gasteiger partial charge in [-0.15, -0.1) is 0 Å². The predicted octanol–water partition coefficient (Wildman–Crippen LogP) is 9.03. The Morgan fingerprint density at radius 1 is 0.796 bits per heavy atom. The molecule has 1 N–H and O–H groups in total. The molecule has 2 aromatic carbocycles. The maximum Gasteiger partial charge on any atom is 0.164 e. The van der Waals surface area contributed by atoms with Crippen LogP contribution in [0.15, 0.2) is 58.0 Å². The summed E-state index contributed by atoms with van der Waals surface area (Å²) in [6, 6.07) is 15.7. The Balaban J connectivity index is 0.000000306. The number of aliphatic hydroxyl groups excluding tert-OH is 1. The van der Waals surface area contributed by atoms with Crippen molar-refractivity contribution in [2.45, 2.75) is 135 Å². The minimum absolute atomic E-state index is 0.0532. The van der Waals surface area contributed by atoms with E-state index in [1.54, 1.807) is 14.2 Å². The fraction of sp³-hybridized carbons (Fsp3) is 0.595. The standard InChI is InChI=1S/C21H30O5.C12H14Br2O2.C9H16O3/c1-5-8-19-20(26-21(2,3)25-19)18(22)9-6-7-14-24-15-16-10-12-17(23-4)13-11-16;1-15-11-6-4-10(5-7-11)9-16-8-2-3-12(13)14;1-4-5-7-8(6-10)12-9(2,3)11-7/h10-13,18-20,22H,5,7-8,14-15H2,1-4H3;3-7H,2,8-9H2,1H3;6-8H,4-5H2,1-3H3/t18?,19-,20?;;7-,8?/m0.0/s1. The van der Waals surface area contributed by atoms with Crippen molar-refractivity contribution in [3.63, 3.8) is 0 Å². The molecule has 0 aromatic heterocycles. The van der Waals surface area contributed by atoms with E-state index in [0.717, 1.165) is 64.4 Å². The van der Waals surface area contributed by atoms with Crippen molar-refractivity contribution in [1.29, 1.82) is 0 Å². The lowest BCUT2D eigenvalue weighted by Crippen LogP contribution is -2.34. The number of carbonyl (C=O) groups is 1. The van der Waals surface area contributed by atoms with Crippen LogP contribution in [0.4, 0.5) is 0 Å². The Kier molecular flexibility index (Phi) is 22.8. The third-order valence-corrected chi connectivity index (χ3v) is 8.72. The zero-order valence-corrected chi connectivity index (χ0v) is 36.3. The van der Waals surface area contributed by atoms with E-state index in [9.17, 15) is 9.90 Å². The van der Waals surface area contributed by atoms with Gasteiger partial charge in [-0.05, 0) is 114 Å². The summed E-state index contributed by atoms with van der Waals surface area (Å²) in [4.78, 5) is 10.6. The monoisotopic (exact) mass is 882 g/mol. The molecule has 2 saturated heterocycles. The van der Waals surface area contributed by atoms with Gasteiger partial charge in [0.2, 0.25) is 0 Å². The molecule has 0 bridgehead atoms. The zero-order valence-electron chi connectivity index (χ0n) is 33.1. The molecular weight excluding hydrogens is 824 g/mol. The summed E-state index contributed by atoms with van der Waals surface area (Å²) in [5.41, 5.74) is 2.24. The average Bonchev–Trinajstić information content (AvgIpc) is 3.63. The molecule has 2 aliphatic heterocycles. The van der Waals surface area contributed by atoms with Gasteiger partial charge >= 0.3 is 0 Å². The van der Waals surface area contributed by atoms with Gasteiger partial charge in [0, 0.05) is 6.42 Å². The second-order valence-electron chi connectivity index (χ2n) is 13.6. The summed E-state index contributed by atoms with van der Waals surface area (Å²) < 4.78 is 44.9. The van der Waals surface area contributed by atoms with E-state index in [1.165, 1.54) is 0 Å². The van der Waals surface area contributed by atoms with Crippen LogP contribution in [0.5, 0.6) is 11.5 Å². The molecule has 5 atom stereocenters. The molecule has 2 heterocycles. The number of rotatable bonds is 17. The lowest BCUT2D eigenvalue weighted by atomic mass is 10.0. The highest BCUT2D eigenvalue weighted by Crippen LogP contribution is 2.32. The molecule has 3 unspecified atom stereocenters. The van der Waals surface area contributed by atoms with Crippen LogP contribution >= 0.6 is 31.9 Å². The zero-order chi connectivity index (χ0) is 40.0. The number of methoxy groups -OCH3 is 2. The number of halogens is 2. The lowest BCUT2D eigenvalue weighted by molar-refractivity contribution is -0.152. The molecule has 2 aliphatic rings. The Morgan fingerprint density at radius 2 is 1.30 bits per heavy atom. The number of hydrogen-bond donors (Lipinski definition) is 1. The first-order valence-corrected chi connectivity index (χ1v) is 20.1. The van der Waals surface area contributed by atoms with Crippen LogP contribution in [0.25, 0.3) is 0 Å². The van der Waals surface area contributed by atoms with E-state index in [0.29, 0.717) is 32.8 Å². The fourth-order valence-corrected chi connectivity index (χ4v) is 6.04. The normalized spacial score (nSPS) is 21.2. The van der Waals surface area contributed by atoms with Gasteiger partial charge in [0.05, 0.1) is 56.2 Å². The number of hydrogen-bond acceptors (Lipinski definition) is 10. The molecule has 2 aromatic rings. The van der Waals surface area contributed by atoms with E-state index in [-0.39, 0.29) is 18.3 Å². The summed E-state index contributed by atoms with van der Waals surface area (Å²) in [6.07, 6.45) is 6.20. The number of ether oxygens (including phenoxy) is 8. The van der Waals surface area contributed by atoms with Crippen molar-refractivity contribution in [3.05, 3.63) is 69.1 Å². The number of aliphatic hydroxyl groups is 1. The first-order valence-electron chi connectivity index (χ1n) is 18.5. The van der Waals surface area contributed by atoms with Gasteiger partial charge in [-0.2, -0.15) is 0 Å². The van der Waals surface area contributed by atoms with Gasteiger partial charge in [0.15, 0.2) is 17.9 Å². The maximum absolute atomic E-state index is 10.6. The van der Waals surface area contributed by atoms with E-state index < -0.39 is 23.8 Å². The van der Waals surface area contributed by atoms with Crippen LogP contribution in [0.2, 0.25) is 0 Å². The number of carbonyl (C=O) groups excluding carboxylic acids is 1. The predicted molar refractivity (Wildman–Crippen MR) is 218 cm³/mol. The number of aldehydes is 1. The van der Waals surface area contributed by atoms with E-state index in [1.807, 2.05) is 82.3 Å². The molecule has 12 heteroatoms. The highest BCUT2D eigenvalue weighted by molar-refractivity contribution is 9.28. The minimum Gasteiger partial charge on any atom is -0.497 e. The van der Waals surface area contributed by atoms with Crippen molar-refractivity contribution in [1.82, 2.24) is 0 Å². The van der Waals surface area contributed by atoms with Gasteiger partial charge in [0.25, 0.3) is 0 Å². The van der Waals surface area contributed by atoms with Crippen LogP contribution in [0, 0.1) is 11.8 Å². The second kappa shape index (κ2) is 25.8. The molecule has 0 radical (unpaired) electrons. The molecule has 10 nitrogen and oxygen atoms in total. The summed E-state index contributed by atoms with van der Waals surface area (Å²) in [7, 11) is 3.31. The molecule has 0 saturated carbocycles. The minimum atomic E-state index is -0.852. The molecule has 302 valence electrons. The molecule has 2 fully saturated rings. The van der Waals surface area contributed by atoms with Gasteiger partial charge in [0.1, 0.15) is 29.8 Å². The molecular formula is C42H60Br2O10. The van der Waals surface area contributed by atoms with Crippen molar-refractivity contribution >= 4 is 38.1 Å². The second-order valence-corrected chi connectivity index (χ2v) is 16.4. The van der Waals surface area contributed by atoms with Gasteiger partial charge in [-0.25, -0.2) is 0 Å². The third kappa shape index (κ3) is 19.0. The van der Waals surface area contributed by atoms with Crippen molar-refractivity contribution in [2.75, 3.05) is 27.4 Å². The number of benzene rings is 2. The van der Waals surface area contributed by atoms with Gasteiger partial charge < -0.3 is 47.8 Å². The molecule has 0 amide bonds. The first kappa shape index (κ1) is 47.8. The smallest absolute Gasteiger partial charge is 0.164 e. The van der Waals surface area contributed by atoms with Gasteiger partial charge in [-0.3, -0.25) is 0 Å². The van der Waals surface area contributed by atoms with Crippen LogP contribution in [0.1, 0.15) is 91.2 Å². The molecule has 4 rings (SSSR count). The largest absolute Gasteiger partial charge is 0.497 e. The third-order valence-electron chi connectivity index (χ3n) is 8.07. The molecule has 54 heavy (non-hydrogen) atoms. The highest BCUT2D eigenvalue weighted by atomic mass is 79.9. The van der Waals surface area contributed by atoms with E-state index in [4.69, 9.17) is 37.9 Å². The summed E-state index contributed by atoms with van der Waals surface area (Å²) >= 11 is 6.59. The van der Waals surface area contributed by atoms with Crippen LogP contribution in [-0.2, 0) is 46.4 Å². The average molecular weight is 885 g/mol. The van der Waals surface area contributed by atoms with E-state index in [2.05, 4.69) is 57.5 Å². The summed E-state index contributed by atoms with van der Waals surface area (Å²) in [5.74, 6) is 6.28. The van der Waals surface area contributed by atoms with Crippen LogP contribution in [-0.4, -0.2) is 80.9 Å². The Labute approximate surface area is 339 Å². The van der Waals surface area contributed by atoms with Crippen molar-refractivity contribution in [2.24, 2.45) is 0 Å². The van der Waals surface area contributed by atoms with E-state index >= 15 is 0 Å². The Bertz CT molecular complexity index is 1420. The topological polar surface area (TPSA) is 111 Å². The van der Waals surface area contributed by atoms with Crippen molar-refractivity contribution in [3.8, 4) is 23.3 Å². The Morgan fingerprint density at radius 3 is 1.80 bits per heavy atom. The first-order chi connectivity index (χ1) is 25.8. The fourth-order valence-electron chi connectivity index (χ4n) is 5.58. The Hall–Kier alpha value is -2.31. The van der Waals surface area contributed by atoms with Crippen LogP contribution < -0.4 is 9.47 Å². The van der Waals surface area contributed by atoms with Crippen LogP contribution in [0.3, 0.4) is 0 Å². The summed E-state index contributed by atoms with van der Waals surface area (Å²) in [6.45, 7) is 13.9. The quantitative estimate of drug-likeness (QED) is 0.0939. The SMILES string of the molecule is CCC[C@@H]1OC(C)(C)OC1C(O)C#CCCOCc1ccc(OC)cc1.CCC[C@@H]1OC(C)(C)OC1C=O.COc1ccc(COCCC=C(Br)Br)cc1. The molecule has 0 spiro atoms. The maximum atomic E-state index is 10.6. The van der Waals surface area contributed by atoms with Crippen molar-refractivity contribution < 1.29 is 47.8 Å². The summed E-state index contributed by atoms with van der Waals surface area (Å²) in [5, 5.41) is 10.3. The molecule has 0 aliphatic carbocycles. The highest BCUT2D eigenvalue weighted by Gasteiger charge is 2.44. The lowest BCUT2D eigenvalue weighted by Gasteiger charge is -2.18. The van der Waals surface area contributed by atoms with Gasteiger partial charge in [-0.1, -0.05) is 68.9 Å².